The molecule has 0 radical (unpaired) electrons. The zero-order valence-corrected chi connectivity index (χ0v) is 11.9. The van der Waals surface area contributed by atoms with E-state index in [9.17, 15) is 4.79 Å². The van der Waals surface area contributed by atoms with Gasteiger partial charge in [-0.3, -0.25) is 4.79 Å². The van der Waals surface area contributed by atoms with Crippen molar-refractivity contribution in [1.29, 1.82) is 0 Å². The van der Waals surface area contributed by atoms with Crippen LogP contribution in [0.15, 0.2) is 18.2 Å². The molecule has 0 spiro atoms. The molecule has 0 saturated heterocycles. The highest BCUT2D eigenvalue weighted by molar-refractivity contribution is 5.75. The fraction of sp³-hybridized carbons (Fsp3) is 0.533. The molecule has 1 aromatic carbocycles. The molecule has 0 aromatic heterocycles. The summed E-state index contributed by atoms with van der Waals surface area (Å²) >= 11 is 0. The van der Waals surface area contributed by atoms with Crippen molar-refractivity contribution in [1.82, 2.24) is 10.6 Å². The molecular weight excluding hydrogens is 240 g/mol. The quantitative estimate of drug-likeness (QED) is 0.793. The molecule has 0 fully saturated rings. The van der Waals surface area contributed by atoms with Crippen molar-refractivity contribution >= 4 is 5.91 Å². The number of fused-ring (bicyclic) bond motifs is 1. The van der Waals surface area contributed by atoms with Gasteiger partial charge in [-0.2, -0.15) is 0 Å². The summed E-state index contributed by atoms with van der Waals surface area (Å²) in [5, 5.41) is 5.90. The van der Waals surface area contributed by atoms with Gasteiger partial charge in [-0.25, -0.2) is 0 Å². The molecule has 1 aliphatic rings. The normalized spacial score (nSPS) is 15.7. The molecule has 1 amide bonds. The number of nitrogens with one attached hydrogen (secondary N) is 2. The maximum atomic E-state index is 11.1. The third-order valence-electron chi connectivity index (χ3n) is 3.30. The number of hydrogen-bond donors (Lipinski definition) is 2. The van der Waals surface area contributed by atoms with E-state index < -0.39 is 0 Å². The summed E-state index contributed by atoms with van der Waals surface area (Å²) in [5.41, 5.74) is 2.33. The number of carbonyl (C=O) groups excluding carboxylic acids is 1. The Morgan fingerprint density at radius 2 is 2.21 bits per heavy atom. The van der Waals surface area contributed by atoms with Gasteiger partial charge in [0.05, 0.1) is 0 Å². The Morgan fingerprint density at radius 3 is 2.95 bits per heavy atom. The Morgan fingerprint density at radius 1 is 1.42 bits per heavy atom. The largest absolute Gasteiger partial charge is 0.487 e. The van der Waals surface area contributed by atoms with Crippen LogP contribution in [0.3, 0.4) is 0 Å². The number of amides is 1. The first-order chi connectivity index (χ1) is 9.02. The number of carbonyl (C=O) groups is 1. The molecule has 1 aromatic rings. The average Bonchev–Trinajstić information content (AvgIpc) is 2.68. The van der Waals surface area contributed by atoms with E-state index in [1.54, 1.807) is 7.05 Å². The van der Waals surface area contributed by atoms with Gasteiger partial charge >= 0.3 is 0 Å². The van der Waals surface area contributed by atoms with Crippen LogP contribution in [0.5, 0.6) is 5.75 Å². The predicted molar refractivity (Wildman–Crippen MR) is 75.2 cm³/mol. The Bertz CT molecular complexity index is 469. The van der Waals surface area contributed by atoms with Gasteiger partial charge in [0.2, 0.25) is 5.91 Å². The summed E-state index contributed by atoms with van der Waals surface area (Å²) in [5.74, 6) is 1.07. The fourth-order valence-corrected chi connectivity index (χ4v) is 2.37. The lowest BCUT2D eigenvalue weighted by Gasteiger charge is -2.18. The Labute approximate surface area is 114 Å². The first-order valence-electron chi connectivity index (χ1n) is 6.73. The van der Waals surface area contributed by atoms with Gasteiger partial charge in [0.1, 0.15) is 11.4 Å². The number of rotatable bonds is 5. The third-order valence-corrected chi connectivity index (χ3v) is 3.30. The van der Waals surface area contributed by atoms with E-state index in [1.807, 2.05) is 0 Å². The molecule has 1 aliphatic heterocycles. The first kappa shape index (κ1) is 13.9. The highest BCUT2D eigenvalue weighted by Gasteiger charge is 2.31. The van der Waals surface area contributed by atoms with Crippen LogP contribution in [0.25, 0.3) is 0 Å². The van der Waals surface area contributed by atoms with E-state index in [-0.39, 0.29) is 11.5 Å². The number of benzene rings is 1. The van der Waals surface area contributed by atoms with Gasteiger partial charge in [0.25, 0.3) is 0 Å². The number of para-hydroxylation sites is 1. The minimum absolute atomic E-state index is 0.0585. The van der Waals surface area contributed by atoms with Crippen LogP contribution in [-0.4, -0.2) is 25.1 Å². The molecule has 0 saturated carbocycles. The van der Waals surface area contributed by atoms with Crippen molar-refractivity contribution in [2.75, 3.05) is 13.6 Å². The molecule has 2 rings (SSSR count). The zero-order chi connectivity index (χ0) is 13.9. The predicted octanol–water partition coefficient (Wildman–Crippen LogP) is 1.63. The van der Waals surface area contributed by atoms with E-state index >= 15 is 0 Å². The van der Waals surface area contributed by atoms with Crippen LogP contribution in [0, 0.1) is 0 Å². The van der Waals surface area contributed by atoms with Crippen LogP contribution in [0.2, 0.25) is 0 Å². The van der Waals surface area contributed by atoms with Crippen molar-refractivity contribution in [3.63, 3.8) is 0 Å². The van der Waals surface area contributed by atoms with Gasteiger partial charge in [-0.1, -0.05) is 18.2 Å². The minimum atomic E-state index is -0.111. The highest BCUT2D eigenvalue weighted by Crippen LogP contribution is 2.37. The standard InChI is InChI=1S/C15H22N2O2/c1-15(2)9-11-5-4-6-12(14(11)19-15)10-17-8-7-13(18)16-3/h4-6,17H,7-10H2,1-3H3,(H,16,18). The van der Waals surface area contributed by atoms with Gasteiger partial charge in [0, 0.05) is 38.5 Å². The topological polar surface area (TPSA) is 50.4 Å². The molecule has 0 bridgehead atoms. The lowest BCUT2D eigenvalue weighted by Crippen LogP contribution is -2.26. The second-order valence-corrected chi connectivity index (χ2v) is 5.54. The second kappa shape index (κ2) is 5.61. The first-order valence-corrected chi connectivity index (χ1v) is 6.73. The minimum Gasteiger partial charge on any atom is -0.487 e. The summed E-state index contributed by atoms with van der Waals surface area (Å²) in [7, 11) is 1.66. The van der Waals surface area contributed by atoms with Crippen LogP contribution in [0.1, 0.15) is 31.4 Å². The summed E-state index contributed by atoms with van der Waals surface area (Å²) in [6.07, 6.45) is 1.45. The van der Waals surface area contributed by atoms with Gasteiger partial charge < -0.3 is 15.4 Å². The van der Waals surface area contributed by atoms with Crippen molar-refractivity contribution in [3.8, 4) is 5.75 Å². The van der Waals surface area contributed by atoms with Crippen LogP contribution in [-0.2, 0) is 17.8 Å². The zero-order valence-electron chi connectivity index (χ0n) is 11.9. The van der Waals surface area contributed by atoms with E-state index in [4.69, 9.17) is 4.74 Å². The van der Waals surface area contributed by atoms with E-state index in [0.29, 0.717) is 13.0 Å². The monoisotopic (exact) mass is 262 g/mol. The molecule has 1 heterocycles. The molecule has 4 nitrogen and oxygen atoms in total. The fourth-order valence-electron chi connectivity index (χ4n) is 2.37. The average molecular weight is 262 g/mol. The van der Waals surface area contributed by atoms with E-state index in [1.165, 1.54) is 11.1 Å². The maximum Gasteiger partial charge on any atom is 0.221 e. The Kier molecular flexibility index (Phi) is 4.10. The lowest BCUT2D eigenvalue weighted by molar-refractivity contribution is -0.120. The third kappa shape index (κ3) is 3.47. The van der Waals surface area contributed by atoms with Gasteiger partial charge in [-0.15, -0.1) is 0 Å². The molecule has 0 aliphatic carbocycles. The van der Waals surface area contributed by atoms with Crippen molar-refractivity contribution < 1.29 is 9.53 Å². The van der Waals surface area contributed by atoms with Crippen molar-refractivity contribution in [2.45, 2.75) is 38.8 Å². The summed E-state index contributed by atoms with van der Waals surface area (Å²) in [6, 6.07) is 6.27. The van der Waals surface area contributed by atoms with Crippen LogP contribution < -0.4 is 15.4 Å². The van der Waals surface area contributed by atoms with Gasteiger partial charge in [-0.05, 0) is 19.4 Å². The van der Waals surface area contributed by atoms with E-state index in [2.05, 4.69) is 42.7 Å². The van der Waals surface area contributed by atoms with E-state index in [0.717, 1.165) is 18.7 Å². The molecule has 0 atom stereocenters. The van der Waals surface area contributed by atoms with Gasteiger partial charge in [0.15, 0.2) is 0 Å². The molecule has 0 unspecified atom stereocenters. The second-order valence-electron chi connectivity index (χ2n) is 5.54. The van der Waals surface area contributed by atoms with Crippen LogP contribution in [0.4, 0.5) is 0 Å². The number of hydrogen-bond acceptors (Lipinski definition) is 3. The maximum absolute atomic E-state index is 11.1. The SMILES string of the molecule is CNC(=O)CCNCc1cccc2c1OC(C)(C)C2. The highest BCUT2D eigenvalue weighted by atomic mass is 16.5. The molecule has 2 N–H and O–H groups in total. The molecular formula is C15H22N2O2. The van der Waals surface area contributed by atoms with Crippen molar-refractivity contribution in [2.24, 2.45) is 0 Å². The molecule has 19 heavy (non-hydrogen) atoms. The summed E-state index contributed by atoms with van der Waals surface area (Å²) in [4.78, 5) is 11.1. The smallest absolute Gasteiger partial charge is 0.221 e. The summed E-state index contributed by atoms with van der Waals surface area (Å²) < 4.78 is 6.01. The molecule has 104 valence electrons. The summed E-state index contributed by atoms with van der Waals surface area (Å²) in [6.45, 7) is 5.62. The Balaban J connectivity index is 1.92. The Hall–Kier alpha value is -1.55. The molecule has 4 heteroatoms. The van der Waals surface area contributed by atoms with Crippen LogP contribution >= 0.6 is 0 Å². The lowest BCUT2D eigenvalue weighted by atomic mass is 10.0. The number of ether oxygens (including phenoxy) is 1. The van der Waals surface area contributed by atoms with Crippen molar-refractivity contribution in [3.05, 3.63) is 29.3 Å².